The number of rotatable bonds is 15. The highest BCUT2D eigenvalue weighted by Gasteiger charge is 1.93. The van der Waals surface area contributed by atoms with E-state index in [9.17, 15) is 0 Å². The summed E-state index contributed by atoms with van der Waals surface area (Å²) in [6.07, 6.45) is 21.2. The predicted molar refractivity (Wildman–Crippen MR) is 88.6 cm³/mol. The number of thiocarbonyl (C=S) groups is 1. The molecule has 108 valence electrons. The quantitative estimate of drug-likeness (QED) is 0.231. The average molecular weight is 271 g/mol. The van der Waals surface area contributed by atoms with E-state index in [1.807, 2.05) is 5.37 Å². The summed E-state index contributed by atoms with van der Waals surface area (Å²) in [4.78, 5) is 0. The first-order chi connectivity index (χ1) is 8.91. The van der Waals surface area contributed by atoms with Crippen molar-refractivity contribution in [2.75, 3.05) is 0 Å². The standard InChI is InChI=1S/C17H34S/c1-2-3-4-5-6-7-8-9-10-11-12-13-14-15-16-17-18/h17H,2-16H2,1H3. The highest BCUT2D eigenvalue weighted by Crippen LogP contribution is 2.13. The lowest BCUT2D eigenvalue weighted by molar-refractivity contribution is 0.537. The van der Waals surface area contributed by atoms with Gasteiger partial charge in [-0.2, -0.15) is 0 Å². The maximum atomic E-state index is 4.82. The van der Waals surface area contributed by atoms with Crippen LogP contribution in [0.4, 0.5) is 0 Å². The second-order valence-electron chi connectivity index (χ2n) is 5.55. The maximum Gasteiger partial charge on any atom is -0.0210 e. The van der Waals surface area contributed by atoms with Crippen molar-refractivity contribution in [3.8, 4) is 0 Å². The van der Waals surface area contributed by atoms with Crippen LogP contribution in [0.3, 0.4) is 0 Å². The van der Waals surface area contributed by atoms with Gasteiger partial charge in [0.25, 0.3) is 0 Å². The van der Waals surface area contributed by atoms with Crippen LogP contribution in [-0.4, -0.2) is 5.37 Å². The van der Waals surface area contributed by atoms with Gasteiger partial charge in [-0.1, -0.05) is 103 Å². The Morgan fingerprint density at radius 2 is 0.889 bits per heavy atom. The third-order valence-corrected chi connectivity index (χ3v) is 3.91. The van der Waals surface area contributed by atoms with Gasteiger partial charge in [-0.05, 0) is 18.2 Å². The zero-order valence-electron chi connectivity index (χ0n) is 12.6. The van der Waals surface area contributed by atoms with Crippen LogP contribution in [0.25, 0.3) is 0 Å². The molecule has 0 amide bonds. The molecule has 0 unspecified atom stereocenters. The zero-order chi connectivity index (χ0) is 13.3. The highest BCUT2D eigenvalue weighted by molar-refractivity contribution is 7.78. The zero-order valence-corrected chi connectivity index (χ0v) is 13.4. The van der Waals surface area contributed by atoms with E-state index < -0.39 is 0 Å². The molecule has 0 aromatic rings. The van der Waals surface area contributed by atoms with E-state index in [1.54, 1.807) is 0 Å². The molecular formula is C17H34S. The van der Waals surface area contributed by atoms with Crippen molar-refractivity contribution in [1.82, 2.24) is 0 Å². The molecule has 0 N–H and O–H groups in total. The van der Waals surface area contributed by atoms with Gasteiger partial charge in [-0.25, -0.2) is 0 Å². The molecule has 0 aromatic carbocycles. The van der Waals surface area contributed by atoms with Crippen LogP contribution in [-0.2, 0) is 0 Å². The van der Waals surface area contributed by atoms with Crippen molar-refractivity contribution in [1.29, 1.82) is 0 Å². The number of hydrogen-bond donors (Lipinski definition) is 0. The lowest BCUT2D eigenvalue weighted by Gasteiger charge is -2.02. The molecule has 0 aromatic heterocycles. The molecule has 0 atom stereocenters. The lowest BCUT2D eigenvalue weighted by Crippen LogP contribution is -1.83. The van der Waals surface area contributed by atoms with Crippen LogP contribution in [0.2, 0.25) is 0 Å². The second-order valence-corrected chi connectivity index (χ2v) is 5.88. The van der Waals surface area contributed by atoms with Crippen molar-refractivity contribution in [2.24, 2.45) is 0 Å². The molecular weight excluding hydrogens is 236 g/mol. The Kier molecular flexibility index (Phi) is 17.2. The summed E-state index contributed by atoms with van der Waals surface area (Å²) < 4.78 is 0. The molecule has 0 fully saturated rings. The molecule has 0 saturated carbocycles. The van der Waals surface area contributed by atoms with E-state index in [4.69, 9.17) is 12.2 Å². The molecule has 1 heteroatoms. The van der Waals surface area contributed by atoms with Crippen LogP contribution in [0.5, 0.6) is 0 Å². The summed E-state index contributed by atoms with van der Waals surface area (Å²) in [5.41, 5.74) is 0. The fourth-order valence-electron chi connectivity index (χ4n) is 2.42. The van der Waals surface area contributed by atoms with E-state index in [1.165, 1.54) is 89.9 Å². The van der Waals surface area contributed by atoms with Crippen LogP contribution in [0, 0.1) is 0 Å². The monoisotopic (exact) mass is 270 g/mol. The largest absolute Gasteiger partial charge is 0.0935 e. The Bertz CT molecular complexity index is 154. The Labute approximate surface area is 121 Å². The Morgan fingerprint density at radius 3 is 1.22 bits per heavy atom. The van der Waals surface area contributed by atoms with Gasteiger partial charge in [0.05, 0.1) is 0 Å². The Balaban J connectivity index is 2.88. The van der Waals surface area contributed by atoms with Gasteiger partial charge in [-0.3, -0.25) is 0 Å². The van der Waals surface area contributed by atoms with Gasteiger partial charge in [0.1, 0.15) is 0 Å². The third-order valence-electron chi connectivity index (χ3n) is 3.68. The summed E-state index contributed by atoms with van der Waals surface area (Å²) in [6, 6.07) is 0. The second kappa shape index (κ2) is 17.1. The van der Waals surface area contributed by atoms with Gasteiger partial charge in [0.2, 0.25) is 0 Å². The summed E-state index contributed by atoms with van der Waals surface area (Å²) in [5.74, 6) is 0. The first kappa shape index (κ1) is 18.1. The summed E-state index contributed by atoms with van der Waals surface area (Å²) >= 11 is 4.82. The van der Waals surface area contributed by atoms with Crippen molar-refractivity contribution in [3.05, 3.63) is 0 Å². The minimum Gasteiger partial charge on any atom is -0.0935 e. The Hall–Kier alpha value is 0.0900. The molecule has 18 heavy (non-hydrogen) atoms. The predicted octanol–water partition coefficient (Wildman–Crippen LogP) is 6.86. The lowest BCUT2D eigenvalue weighted by atomic mass is 10.0. The van der Waals surface area contributed by atoms with Crippen molar-refractivity contribution < 1.29 is 0 Å². The van der Waals surface area contributed by atoms with Gasteiger partial charge < -0.3 is 0 Å². The molecule has 0 spiro atoms. The smallest absolute Gasteiger partial charge is 0.0210 e. The number of hydrogen-bond acceptors (Lipinski definition) is 1. The summed E-state index contributed by atoms with van der Waals surface area (Å²) in [5, 5.41) is 1.88. The SMILES string of the molecule is CCCCCCCCCCCCCCCCC=S. The van der Waals surface area contributed by atoms with Gasteiger partial charge in [-0.15, -0.1) is 0 Å². The highest BCUT2D eigenvalue weighted by atomic mass is 32.1. The van der Waals surface area contributed by atoms with Crippen molar-refractivity contribution >= 4 is 17.6 Å². The van der Waals surface area contributed by atoms with Crippen LogP contribution >= 0.6 is 12.2 Å². The first-order valence-electron chi connectivity index (χ1n) is 8.35. The third kappa shape index (κ3) is 16.1. The molecule has 0 nitrogen and oxygen atoms in total. The maximum absolute atomic E-state index is 4.82. The normalized spacial score (nSPS) is 10.7. The molecule has 0 aliphatic rings. The minimum absolute atomic E-state index is 1.13. The average Bonchev–Trinajstić information content (AvgIpc) is 2.39. The first-order valence-corrected chi connectivity index (χ1v) is 8.82. The van der Waals surface area contributed by atoms with Crippen molar-refractivity contribution in [3.63, 3.8) is 0 Å². The summed E-state index contributed by atoms with van der Waals surface area (Å²) in [7, 11) is 0. The fraction of sp³-hybridized carbons (Fsp3) is 0.941. The molecule has 0 radical (unpaired) electrons. The van der Waals surface area contributed by atoms with Crippen LogP contribution in [0.1, 0.15) is 103 Å². The Morgan fingerprint density at radius 1 is 0.556 bits per heavy atom. The van der Waals surface area contributed by atoms with E-state index in [-0.39, 0.29) is 0 Å². The van der Waals surface area contributed by atoms with Gasteiger partial charge >= 0.3 is 0 Å². The molecule has 0 aliphatic carbocycles. The van der Waals surface area contributed by atoms with Gasteiger partial charge in [0, 0.05) is 0 Å². The van der Waals surface area contributed by atoms with E-state index >= 15 is 0 Å². The molecule has 0 rings (SSSR count). The molecule has 0 bridgehead atoms. The minimum atomic E-state index is 1.13. The molecule has 0 aliphatic heterocycles. The van der Waals surface area contributed by atoms with Gasteiger partial charge in [0.15, 0.2) is 0 Å². The van der Waals surface area contributed by atoms with Crippen molar-refractivity contribution in [2.45, 2.75) is 103 Å². The fourth-order valence-corrected chi connectivity index (χ4v) is 2.59. The van der Waals surface area contributed by atoms with Crippen LogP contribution < -0.4 is 0 Å². The van der Waals surface area contributed by atoms with Crippen LogP contribution in [0.15, 0.2) is 0 Å². The number of unbranched alkanes of at least 4 members (excludes halogenated alkanes) is 14. The van der Waals surface area contributed by atoms with E-state index in [0.717, 1.165) is 6.42 Å². The van der Waals surface area contributed by atoms with E-state index in [0.29, 0.717) is 0 Å². The molecule has 0 saturated heterocycles. The van der Waals surface area contributed by atoms with E-state index in [2.05, 4.69) is 6.92 Å². The molecule has 0 heterocycles. The topological polar surface area (TPSA) is 0 Å². The summed E-state index contributed by atoms with van der Waals surface area (Å²) in [6.45, 7) is 2.29.